The van der Waals surface area contributed by atoms with Gasteiger partial charge in [-0.25, -0.2) is 0 Å². The van der Waals surface area contributed by atoms with Crippen LogP contribution in [0.15, 0.2) is 35.3 Å². The van der Waals surface area contributed by atoms with Crippen molar-refractivity contribution in [1.29, 1.82) is 0 Å². The van der Waals surface area contributed by atoms with E-state index in [1.54, 1.807) is 0 Å². The lowest BCUT2D eigenvalue weighted by Gasteiger charge is -2.35. The van der Waals surface area contributed by atoms with Gasteiger partial charge in [0.15, 0.2) is 5.96 Å². The molecule has 0 radical (unpaired) electrons. The number of likely N-dealkylation sites (tertiary alicyclic amines) is 1. The molecule has 1 atom stereocenters. The van der Waals surface area contributed by atoms with E-state index in [-0.39, 0.29) is 4.75 Å². The Balaban J connectivity index is 1.55. The van der Waals surface area contributed by atoms with Crippen molar-refractivity contribution in [2.24, 2.45) is 4.99 Å². The molecule has 0 amide bonds. The van der Waals surface area contributed by atoms with Crippen molar-refractivity contribution in [2.75, 3.05) is 45.1 Å². The number of ether oxygens (including phenoxy) is 1. The van der Waals surface area contributed by atoms with E-state index in [0.29, 0.717) is 6.04 Å². The van der Waals surface area contributed by atoms with Gasteiger partial charge in [-0.15, -0.1) is 0 Å². The molecule has 0 spiro atoms. The fourth-order valence-electron chi connectivity index (χ4n) is 4.33. The second-order valence-corrected chi connectivity index (χ2v) is 9.79. The summed E-state index contributed by atoms with van der Waals surface area (Å²) < 4.78 is 5.84. The lowest BCUT2D eigenvalue weighted by Crippen LogP contribution is -2.45. The maximum atomic E-state index is 5.60. The highest BCUT2D eigenvalue weighted by atomic mass is 32.2. The molecule has 1 unspecified atom stereocenters. The molecule has 2 aliphatic rings. The topological polar surface area (TPSA) is 48.9 Å². The molecular formula is C23H38N4OS. The standard InChI is InChI=1S/C23H38N4OS/c1-3-24-22(26-19-23(29-4-2)12-15-28-16-13-23)25-17-21-11-8-14-27(21)18-20-9-6-5-7-10-20/h5-7,9-10,21H,3-4,8,11-19H2,1-2H3,(H2,24,25,26). The number of benzene rings is 1. The summed E-state index contributed by atoms with van der Waals surface area (Å²) in [5.41, 5.74) is 1.40. The molecule has 0 bridgehead atoms. The molecule has 2 fully saturated rings. The van der Waals surface area contributed by atoms with Gasteiger partial charge in [0.25, 0.3) is 0 Å². The van der Waals surface area contributed by atoms with Crippen LogP contribution in [0.5, 0.6) is 0 Å². The zero-order chi connectivity index (χ0) is 20.4. The minimum Gasteiger partial charge on any atom is -0.381 e. The van der Waals surface area contributed by atoms with Gasteiger partial charge >= 0.3 is 0 Å². The zero-order valence-electron chi connectivity index (χ0n) is 18.2. The third-order valence-corrected chi connectivity index (χ3v) is 7.40. The molecule has 3 rings (SSSR count). The highest BCUT2D eigenvalue weighted by Crippen LogP contribution is 2.35. The average Bonchev–Trinajstić information content (AvgIpc) is 3.19. The van der Waals surface area contributed by atoms with Crippen LogP contribution in [0, 0.1) is 0 Å². The van der Waals surface area contributed by atoms with E-state index in [2.05, 4.69) is 71.5 Å². The van der Waals surface area contributed by atoms with E-state index < -0.39 is 0 Å². The number of aliphatic imine (C=N–C) groups is 1. The van der Waals surface area contributed by atoms with Gasteiger partial charge in [-0.1, -0.05) is 37.3 Å². The lowest BCUT2D eigenvalue weighted by atomic mass is 9.99. The van der Waals surface area contributed by atoms with Gasteiger partial charge in [0.2, 0.25) is 0 Å². The molecule has 2 saturated heterocycles. The van der Waals surface area contributed by atoms with Gasteiger partial charge in [-0.2, -0.15) is 11.8 Å². The molecule has 6 heteroatoms. The fraction of sp³-hybridized carbons (Fsp3) is 0.696. The van der Waals surface area contributed by atoms with Crippen molar-refractivity contribution in [2.45, 2.75) is 56.9 Å². The third kappa shape index (κ3) is 6.90. The Bertz CT molecular complexity index is 613. The summed E-state index contributed by atoms with van der Waals surface area (Å²) in [6.45, 7) is 11.0. The van der Waals surface area contributed by atoms with E-state index in [0.717, 1.165) is 63.9 Å². The summed E-state index contributed by atoms with van der Waals surface area (Å²) in [7, 11) is 0. The van der Waals surface area contributed by atoms with E-state index in [4.69, 9.17) is 9.73 Å². The minimum absolute atomic E-state index is 0.238. The Hall–Kier alpha value is -1.24. The SMILES string of the molecule is CCNC(=NCC1(SCC)CCOCC1)NCC1CCCN1Cc1ccccc1. The van der Waals surface area contributed by atoms with Crippen LogP contribution in [0.25, 0.3) is 0 Å². The van der Waals surface area contributed by atoms with Crippen LogP contribution in [0.4, 0.5) is 0 Å². The van der Waals surface area contributed by atoms with Gasteiger partial charge < -0.3 is 15.4 Å². The first-order chi connectivity index (χ1) is 14.2. The van der Waals surface area contributed by atoms with Crippen LogP contribution in [0.3, 0.4) is 0 Å². The summed E-state index contributed by atoms with van der Waals surface area (Å²) in [6, 6.07) is 11.4. The third-order valence-electron chi connectivity index (χ3n) is 5.96. The molecule has 0 aromatic heterocycles. The second kappa shape index (κ2) is 11.8. The van der Waals surface area contributed by atoms with Gasteiger partial charge in [0, 0.05) is 43.6 Å². The Morgan fingerprint density at radius 2 is 2.00 bits per heavy atom. The van der Waals surface area contributed by atoms with Crippen molar-refractivity contribution < 1.29 is 4.74 Å². The number of nitrogens with one attached hydrogen (secondary N) is 2. The predicted molar refractivity (Wildman–Crippen MR) is 125 cm³/mol. The number of guanidine groups is 1. The van der Waals surface area contributed by atoms with Crippen LogP contribution >= 0.6 is 11.8 Å². The molecule has 2 aliphatic heterocycles. The molecule has 0 saturated carbocycles. The number of rotatable bonds is 9. The van der Waals surface area contributed by atoms with E-state index in [1.165, 1.54) is 24.9 Å². The van der Waals surface area contributed by atoms with Crippen LogP contribution in [0.2, 0.25) is 0 Å². The van der Waals surface area contributed by atoms with Crippen LogP contribution < -0.4 is 10.6 Å². The van der Waals surface area contributed by atoms with E-state index >= 15 is 0 Å². The summed E-state index contributed by atoms with van der Waals surface area (Å²) in [5.74, 6) is 2.09. The molecule has 1 aromatic carbocycles. The van der Waals surface area contributed by atoms with E-state index in [1.807, 2.05) is 0 Å². The maximum Gasteiger partial charge on any atom is 0.191 e. The molecule has 162 valence electrons. The van der Waals surface area contributed by atoms with Gasteiger partial charge in [-0.3, -0.25) is 9.89 Å². The summed E-state index contributed by atoms with van der Waals surface area (Å²) in [5, 5.41) is 7.08. The van der Waals surface area contributed by atoms with E-state index in [9.17, 15) is 0 Å². The molecule has 0 aliphatic carbocycles. The minimum atomic E-state index is 0.238. The lowest BCUT2D eigenvalue weighted by molar-refractivity contribution is 0.0793. The highest BCUT2D eigenvalue weighted by Gasteiger charge is 2.32. The highest BCUT2D eigenvalue weighted by molar-refractivity contribution is 8.00. The quantitative estimate of drug-likeness (QED) is 0.475. The van der Waals surface area contributed by atoms with Crippen molar-refractivity contribution >= 4 is 17.7 Å². The molecule has 5 nitrogen and oxygen atoms in total. The first-order valence-electron chi connectivity index (χ1n) is 11.3. The normalized spacial score (nSPS) is 22.6. The summed E-state index contributed by atoms with van der Waals surface area (Å²) in [4.78, 5) is 7.61. The predicted octanol–water partition coefficient (Wildman–Crippen LogP) is 3.51. The van der Waals surface area contributed by atoms with Gasteiger partial charge in [-0.05, 0) is 50.5 Å². The smallest absolute Gasteiger partial charge is 0.191 e. The first-order valence-corrected chi connectivity index (χ1v) is 12.2. The van der Waals surface area contributed by atoms with Crippen molar-refractivity contribution in [3.05, 3.63) is 35.9 Å². The maximum absolute atomic E-state index is 5.60. The summed E-state index contributed by atoms with van der Waals surface area (Å²) >= 11 is 2.05. The van der Waals surface area contributed by atoms with Crippen molar-refractivity contribution in [1.82, 2.24) is 15.5 Å². The molecule has 29 heavy (non-hydrogen) atoms. The van der Waals surface area contributed by atoms with Crippen molar-refractivity contribution in [3.63, 3.8) is 0 Å². The van der Waals surface area contributed by atoms with Crippen molar-refractivity contribution in [3.8, 4) is 0 Å². The first kappa shape index (κ1) is 22.4. The largest absolute Gasteiger partial charge is 0.381 e. The number of hydrogen-bond donors (Lipinski definition) is 2. The number of nitrogens with zero attached hydrogens (tertiary/aromatic N) is 2. The van der Waals surface area contributed by atoms with Crippen LogP contribution in [-0.2, 0) is 11.3 Å². The zero-order valence-corrected chi connectivity index (χ0v) is 19.0. The monoisotopic (exact) mass is 418 g/mol. The van der Waals surface area contributed by atoms with Crippen LogP contribution in [0.1, 0.15) is 45.1 Å². The molecule has 1 aromatic rings. The Labute approximate surface area is 181 Å². The molecule has 2 N–H and O–H groups in total. The average molecular weight is 419 g/mol. The fourth-order valence-corrected chi connectivity index (χ4v) is 5.55. The summed E-state index contributed by atoms with van der Waals surface area (Å²) in [6.07, 6.45) is 4.74. The Kier molecular flexibility index (Phi) is 9.15. The number of hydrogen-bond acceptors (Lipinski definition) is 4. The second-order valence-electron chi connectivity index (χ2n) is 8.06. The van der Waals surface area contributed by atoms with Crippen LogP contribution in [-0.4, -0.2) is 66.8 Å². The van der Waals surface area contributed by atoms with Gasteiger partial charge in [0.05, 0.1) is 6.54 Å². The Morgan fingerprint density at radius 3 is 2.72 bits per heavy atom. The number of thioether (sulfide) groups is 1. The van der Waals surface area contributed by atoms with Gasteiger partial charge in [0.1, 0.15) is 0 Å². The molecular weight excluding hydrogens is 380 g/mol. The molecule has 2 heterocycles. The Morgan fingerprint density at radius 1 is 1.21 bits per heavy atom.